The number of aryl methyl sites for hydroxylation is 1. The van der Waals surface area contributed by atoms with E-state index in [9.17, 15) is 9.18 Å². The molecule has 2 aromatic carbocycles. The zero-order valence-electron chi connectivity index (χ0n) is 14.9. The lowest BCUT2D eigenvalue weighted by Gasteiger charge is -2.18. The molecule has 1 N–H and O–H groups in total. The summed E-state index contributed by atoms with van der Waals surface area (Å²) in [5.41, 5.74) is 2.39. The average Bonchev–Trinajstić information content (AvgIpc) is 2.65. The molecule has 1 heterocycles. The molecular weight excluding hydrogens is 367 g/mol. The van der Waals surface area contributed by atoms with E-state index in [0.717, 1.165) is 5.56 Å². The molecule has 3 rings (SSSR count). The van der Waals surface area contributed by atoms with Gasteiger partial charge in [0, 0.05) is 25.0 Å². The smallest absolute Gasteiger partial charge is 0.274 e. The van der Waals surface area contributed by atoms with Crippen molar-refractivity contribution in [3.63, 3.8) is 0 Å². The first-order chi connectivity index (χ1) is 12.9. The maximum absolute atomic E-state index is 13.3. The highest BCUT2D eigenvalue weighted by Gasteiger charge is 2.14. The van der Waals surface area contributed by atoms with Crippen LogP contribution in [-0.2, 0) is 6.54 Å². The van der Waals surface area contributed by atoms with E-state index in [1.165, 1.54) is 18.2 Å². The molecule has 0 aliphatic heterocycles. The Morgan fingerprint density at radius 2 is 1.89 bits per heavy atom. The number of carbonyl (C=O) groups excluding carboxylic acids is 1. The van der Waals surface area contributed by atoms with Crippen molar-refractivity contribution in [2.75, 3.05) is 17.3 Å². The van der Waals surface area contributed by atoms with E-state index in [4.69, 9.17) is 11.6 Å². The zero-order valence-corrected chi connectivity index (χ0v) is 15.7. The van der Waals surface area contributed by atoms with Crippen LogP contribution in [-0.4, -0.2) is 22.9 Å². The highest BCUT2D eigenvalue weighted by atomic mass is 35.5. The molecule has 138 valence electrons. The quantitative estimate of drug-likeness (QED) is 0.705. The lowest BCUT2D eigenvalue weighted by molar-refractivity contribution is 0.102. The van der Waals surface area contributed by atoms with Gasteiger partial charge in [-0.1, -0.05) is 41.9 Å². The highest BCUT2D eigenvalue weighted by molar-refractivity contribution is 6.31. The number of amides is 1. The summed E-state index contributed by atoms with van der Waals surface area (Å²) in [4.78, 5) is 23.2. The number of nitrogens with one attached hydrogen (secondary N) is 1. The van der Waals surface area contributed by atoms with Gasteiger partial charge in [0.2, 0.25) is 5.95 Å². The monoisotopic (exact) mass is 384 g/mol. The maximum Gasteiger partial charge on any atom is 0.274 e. The van der Waals surface area contributed by atoms with Crippen LogP contribution in [0, 0.1) is 12.7 Å². The van der Waals surface area contributed by atoms with Gasteiger partial charge in [0.1, 0.15) is 11.5 Å². The lowest BCUT2D eigenvalue weighted by Crippen LogP contribution is -2.22. The molecule has 0 unspecified atom stereocenters. The number of halogens is 2. The summed E-state index contributed by atoms with van der Waals surface area (Å²) in [6.45, 7) is 2.41. The van der Waals surface area contributed by atoms with E-state index in [-0.39, 0.29) is 10.7 Å². The number of aromatic nitrogens is 2. The van der Waals surface area contributed by atoms with Crippen LogP contribution in [0.15, 0.2) is 54.6 Å². The van der Waals surface area contributed by atoms with Gasteiger partial charge < -0.3 is 10.2 Å². The van der Waals surface area contributed by atoms with Gasteiger partial charge >= 0.3 is 0 Å². The molecule has 3 aromatic rings. The third kappa shape index (κ3) is 4.80. The predicted molar refractivity (Wildman–Crippen MR) is 105 cm³/mol. The van der Waals surface area contributed by atoms with Crippen molar-refractivity contribution in [1.29, 1.82) is 0 Å². The Kier molecular flexibility index (Phi) is 5.66. The summed E-state index contributed by atoms with van der Waals surface area (Å²) in [7, 11) is 1.86. The molecule has 5 nitrogen and oxygen atoms in total. The van der Waals surface area contributed by atoms with Crippen molar-refractivity contribution in [1.82, 2.24) is 9.97 Å². The van der Waals surface area contributed by atoms with E-state index >= 15 is 0 Å². The van der Waals surface area contributed by atoms with Gasteiger partial charge in [0.15, 0.2) is 0 Å². The topological polar surface area (TPSA) is 58.1 Å². The van der Waals surface area contributed by atoms with Gasteiger partial charge in [-0.05, 0) is 36.8 Å². The number of carbonyl (C=O) groups is 1. The Balaban J connectivity index is 1.79. The third-order valence-corrected chi connectivity index (χ3v) is 4.15. The van der Waals surface area contributed by atoms with Gasteiger partial charge in [-0.15, -0.1) is 0 Å². The number of benzene rings is 2. The van der Waals surface area contributed by atoms with Gasteiger partial charge in [0.25, 0.3) is 5.91 Å². The molecule has 0 radical (unpaired) electrons. The van der Waals surface area contributed by atoms with E-state index in [1.807, 2.05) is 42.3 Å². The van der Waals surface area contributed by atoms with E-state index < -0.39 is 11.7 Å². The molecule has 0 aliphatic rings. The Morgan fingerprint density at radius 3 is 2.59 bits per heavy atom. The van der Waals surface area contributed by atoms with Crippen molar-refractivity contribution in [2.24, 2.45) is 0 Å². The summed E-state index contributed by atoms with van der Waals surface area (Å²) in [6, 6.07) is 15.5. The van der Waals surface area contributed by atoms with Crippen LogP contribution in [0.25, 0.3) is 0 Å². The molecule has 27 heavy (non-hydrogen) atoms. The van der Waals surface area contributed by atoms with Gasteiger partial charge in [-0.2, -0.15) is 0 Å². The molecule has 1 amide bonds. The number of rotatable bonds is 5. The minimum Gasteiger partial charge on any atom is -0.340 e. The zero-order chi connectivity index (χ0) is 19.4. The van der Waals surface area contributed by atoms with Crippen LogP contribution in [0.4, 0.5) is 16.0 Å². The second-order valence-corrected chi connectivity index (χ2v) is 6.53. The summed E-state index contributed by atoms with van der Waals surface area (Å²) in [5, 5.41) is 2.61. The van der Waals surface area contributed by atoms with E-state index in [2.05, 4.69) is 15.3 Å². The Hall–Kier alpha value is -2.99. The molecule has 0 saturated carbocycles. The minimum absolute atomic E-state index is 0.0602. The largest absolute Gasteiger partial charge is 0.340 e. The second kappa shape index (κ2) is 8.14. The standard InChI is InChI=1S/C20H18ClFN4O/c1-13-10-18(19(27)24-15-8-9-17(22)16(21)11-15)25-20(23-13)26(2)12-14-6-4-3-5-7-14/h3-11H,12H2,1-2H3,(H,24,27). The normalized spacial score (nSPS) is 10.5. The van der Waals surface area contributed by atoms with Gasteiger partial charge in [-0.25, -0.2) is 14.4 Å². The molecule has 1 aromatic heterocycles. The Morgan fingerprint density at radius 1 is 1.15 bits per heavy atom. The Bertz CT molecular complexity index is 965. The van der Waals surface area contributed by atoms with Crippen LogP contribution in [0.2, 0.25) is 5.02 Å². The predicted octanol–water partition coefficient (Wildman–Crippen LogP) is 4.47. The molecule has 7 heteroatoms. The van der Waals surface area contributed by atoms with E-state index in [0.29, 0.717) is 23.9 Å². The Labute approximate surface area is 161 Å². The van der Waals surface area contributed by atoms with Gasteiger partial charge in [0.05, 0.1) is 5.02 Å². The fourth-order valence-corrected chi connectivity index (χ4v) is 2.72. The van der Waals surface area contributed by atoms with Crippen LogP contribution < -0.4 is 10.2 Å². The second-order valence-electron chi connectivity index (χ2n) is 6.12. The summed E-state index contributed by atoms with van der Waals surface area (Å²) >= 11 is 5.75. The van der Waals surface area contributed by atoms with Crippen LogP contribution in [0.1, 0.15) is 21.7 Å². The van der Waals surface area contributed by atoms with Crippen molar-refractivity contribution in [3.05, 3.63) is 82.4 Å². The average molecular weight is 385 g/mol. The number of anilines is 2. The van der Waals surface area contributed by atoms with Gasteiger partial charge in [-0.3, -0.25) is 4.79 Å². The van der Waals surface area contributed by atoms with Crippen molar-refractivity contribution < 1.29 is 9.18 Å². The van der Waals surface area contributed by atoms with Crippen molar-refractivity contribution >= 4 is 29.1 Å². The first kappa shape index (κ1) is 18.8. The fraction of sp³-hybridized carbons (Fsp3) is 0.150. The summed E-state index contributed by atoms with van der Waals surface area (Å²) < 4.78 is 13.3. The van der Waals surface area contributed by atoms with E-state index in [1.54, 1.807) is 13.0 Å². The van der Waals surface area contributed by atoms with Crippen molar-refractivity contribution in [2.45, 2.75) is 13.5 Å². The summed E-state index contributed by atoms with van der Waals surface area (Å²) in [5.74, 6) is -0.518. The molecule has 0 aliphatic carbocycles. The van der Waals surface area contributed by atoms with Crippen LogP contribution in [0.3, 0.4) is 0 Å². The first-order valence-corrected chi connectivity index (χ1v) is 8.67. The molecule has 0 bridgehead atoms. The highest BCUT2D eigenvalue weighted by Crippen LogP contribution is 2.20. The molecule has 0 spiro atoms. The van der Waals surface area contributed by atoms with Crippen molar-refractivity contribution in [3.8, 4) is 0 Å². The molecule has 0 fully saturated rings. The molecular formula is C20H18ClFN4O. The number of hydrogen-bond acceptors (Lipinski definition) is 4. The van der Waals surface area contributed by atoms with Crippen LogP contribution in [0.5, 0.6) is 0 Å². The first-order valence-electron chi connectivity index (χ1n) is 8.29. The molecule has 0 saturated heterocycles. The lowest BCUT2D eigenvalue weighted by atomic mass is 10.2. The third-order valence-electron chi connectivity index (χ3n) is 3.86. The fourth-order valence-electron chi connectivity index (χ4n) is 2.54. The van der Waals surface area contributed by atoms with Crippen LogP contribution >= 0.6 is 11.6 Å². The number of hydrogen-bond donors (Lipinski definition) is 1. The number of nitrogens with zero attached hydrogens (tertiary/aromatic N) is 3. The SMILES string of the molecule is Cc1cc(C(=O)Nc2ccc(F)c(Cl)c2)nc(N(C)Cc2ccccc2)n1. The summed E-state index contributed by atoms with van der Waals surface area (Å²) in [6.07, 6.45) is 0. The molecule has 0 atom stereocenters. The minimum atomic E-state index is -0.544. The maximum atomic E-state index is 13.3.